The van der Waals surface area contributed by atoms with E-state index in [0.29, 0.717) is 0 Å². The normalized spacial score (nSPS) is 20.0. The Kier molecular flexibility index (Phi) is 6.42. The van der Waals surface area contributed by atoms with Crippen molar-refractivity contribution >= 4 is 34.1 Å². The molecule has 0 amide bonds. The molecule has 6 aliphatic rings. The molecule has 0 atom stereocenters. The van der Waals surface area contributed by atoms with Gasteiger partial charge in [-0.3, -0.25) is 0 Å². The third kappa shape index (κ3) is 3.97. The van der Waals surface area contributed by atoms with Crippen LogP contribution in [0.2, 0.25) is 0 Å². The smallest absolute Gasteiger partial charge is 0.0543 e. The van der Waals surface area contributed by atoms with Crippen molar-refractivity contribution in [2.75, 3.05) is 9.80 Å². The molecule has 0 radical (unpaired) electrons. The maximum atomic E-state index is 2.62. The summed E-state index contributed by atoms with van der Waals surface area (Å²) in [5, 5.41) is 0. The Morgan fingerprint density at radius 3 is 0.855 bits per heavy atom. The molecule has 0 spiro atoms. The Hall–Kier alpha value is -5.86. The number of fused-ring (bicyclic) bond motifs is 14. The van der Waals surface area contributed by atoms with E-state index >= 15 is 0 Å². The Morgan fingerprint density at radius 2 is 0.500 bits per heavy atom. The second kappa shape index (κ2) is 10.8. The molecule has 0 saturated heterocycles. The van der Waals surface area contributed by atoms with Crippen LogP contribution in [0.15, 0.2) is 121 Å². The number of benzene rings is 7. The Balaban J connectivity index is 1.02. The topological polar surface area (TPSA) is 6.48 Å². The first-order chi connectivity index (χ1) is 29.3. The van der Waals surface area contributed by atoms with Gasteiger partial charge < -0.3 is 9.80 Å². The fourth-order valence-corrected chi connectivity index (χ4v) is 13.7. The molecule has 7 aromatic rings. The van der Waals surface area contributed by atoms with Crippen molar-refractivity contribution in [1.29, 1.82) is 0 Å². The molecule has 0 N–H and O–H groups in total. The van der Waals surface area contributed by atoms with Gasteiger partial charge in [0.05, 0.1) is 34.1 Å². The summed E-state index contributed by atoms with van der Waals surface area (Å²) < 4.78 is 0. The van der Waals surface area contributed by atoms with Crippen LogP contribution in [0.4, 0.5) is 34.1 Å². The first kappa shape index (κ1) is 36.8. The van der Waals surface area contributed by atoms with Gasteiger partial charge in [-0.05, 0) is 138 Å². The van der Waals surface area contributed by atoms with E-state index in [-0.39, 0.29) is 32.5 Å². The first-order valence-electron chi connectivity index (χ1n) is 22.9. The molecule has 0 saturated carbocycles. The quantitative estimate of drug-likeness (QED) is 0.151. The van der Waals surface area contributed by atoms with Crippen molar-refractivity contribution in [2.45, 2.75) is 116 Å². The minimum atomic E-state index is -0.187. The number of para-hydroxylation sites is 4. The third-order valence-corrected chi connectivity index (χ3v) is 17.4. The van der Waals surface area contributed by atoms with E-state index in [4.69, 9.17) is 0 Å². The van der Waals surface area contributed by atoms with Gasteiger partial charge in [0.15, 0.2) is 0 Å². The highest BCUT2D eigenvalue weighted by molar-refractivity contribution is 5.99. The number of anilines is 6. The largest absolute Gasteiger partial charge is 0.309 e. The maximum Gasteiger partial charge on any atom is 0.0543 e. The van der Waals surface area contributed by atoms with E-state index in [0.717, 1.165) is 0 Å². The van der Waals surface area contributed by atoms with Gasteiger partial charge in [0.2, 0.25) is 0 Å². The summed E-state index contributed by atoms with van der Waals surface area (Å²) in [5.74, 6) is 0. The first-order valence-corrected chi connectivity index (χ1v) is 22.9. The molecule has 0 unspecified atom stereocenters. The number of nitrogens with zero attached hydrogens (tertiary/aromatic N) is 2. The zero-order valence-corrected chi connectivity index (χ0v) is 38.4. The van der Waals surface area contributed by atoms with Gasteiger partial charge in [-0.15, -0.1) is 0 Å². The number of rotatable bonds is 0. The van der Waals surface area contributed by atoms with E-state index in [1.54, 1.807) is 0 Å². The zero-order chi connectivity index (χ0) is 43.0. The molecular formula is C60H56N2. The summed E-state index contributed by atoms with van der Waals surface area (Å²) >= 11 is 0. The van der Waals surface area contributed by atoms with Crippen molar-refractivity contribution in [3.63, 3.8) is 0 Å². The lowest BCUT2D eigenvalue weighted by Gasteiger charge is -2.49. The molecule has 2 heteroatoms. The highest BCUT2D eigenvalue weighted by Crippen LogP contribution is 2.66. The third-order valence-electron chi connectivity index (χ3n) is 17.4. The molecule has 0 bridgehead atoms. The summed E-state index contributed by atoms with van der Waals surface area (Å²) in [6.45, 7) is 29.3. The monoisotopic (exact) mass is 804 g/mol. The van der Waals surface area contributed by atoms with E-state index in [2.05, 4.69) is 214 Å². The van der Waals surface area contributed by atoms with Gasteiger partial charge in [0, 0.05) is 32.5 Å². The lowest BCUT2D eigenvalue weighted by atomic mass is 9.66. The number of hydrogen-bond acceptors (Lipinski definition) is 2. The highest BCUT2D eigenvalue weighted by atomic mass is 15.2. The summed E-state index contributed by atoms with van der Waals surface area (Å²) in [7, 11) is 0. The molecule has 13 rings (SSSR count). The van der Waals surface area contributed by atoms with Gasteiger partial charge in [-0.2, -0.15) is 0 Å². The van der Waals surface area contributed by atoms with Crippen LogP contribution >= 0.6 is 0 Å². The fourth-order valence-electron chi connectivity index (χ4n) is 13.7. The Morgan fingerprint density at radius 1 is 0.242 bits per heavy atom. The highest BCUT2D eigenvalue weighted by Gasteiger charge is 2.50. The molecule has 7 aromatic carbocycles. The van der Waals surface area contributed by atoms with Crippen molar-refractivity contribution < 1.29 is 0 Å². The van der Waals surface area contributed by atoms with Gasteiger partial charge in [0.1, 0.15) is 0 Å². The zero-order valence-electron chi connectivity index (χ0n) is 38.4. The van der Waals surface area contributed by atoms with Gasteiger partial charge in [-0.1, -0.05) is 156 Å². The van der Waals surface area contributed by atoms with Gasteiger partial charge >= 0.3 is 0 Å². The molecule has 2 aliphatic carbocycles. The Bertz CT molecular complexity index is 3040. The standard InChI is InChI=1S/C60H56N2/c1-55(2)37-19-13-15-25-49(37)61-51-31-45-35(29-47(51)57(5,6)41-23-17-21-39(55)53(41)61)33-27-44-34(28-43(33)59(45,9)10)36-30-48-52(32-46(36)60(44,11)12)62-50-26-16-14-20-38(50)56(3,4)40-22-18-24-42(54(40)62)58(48,7)8/h13-32H,1-12H3. The van der Waals surface area contributed by atoms with Crippen LogP contribution < -0.4 is 9.80 Å². The lowest BCUT2D eigenvalue weighted by Crippen LogP contribution is -2.38. The minimum absolute atomic E-state index is 0.0993. The van der Waals surface area contributed by atoms with Crippen molar-refractivity contribution in [1.82, 2.24) is 0 Å². The predicted octanol–water partition coefficient (Wildman–Crippen LogP) is 15.8. The van der Waals surface area contributed by atoms with Gasteiger partial charge in [0.25, 0.3) is 0 Å². The summed E-state index contributed by atoms with van der Waals surface area (Å²) in [6, 6.07) is 48.0. The average Bonchev–Trinajstić information content (AvgIpc) is 3.59. The fraction of sp³-hybridized carbons (Fsp3) is 0.300. The van der Waals surface area contributed by atoms with Crippen LogP contribution in [-0.4, -0.2) is 0 Å². The lowest BCUT2D eigenvalue weighted by molar-refractivity contribution is 0.595. The summed E-state index contributed by atoms with van der Waals surface area (Å²) in [5.41, 5.74) is 29.6. The van der Waals surface area contributed by atoms with Crippen LogP contribution in [0, 0.1) is 0 Å². The SMILES string of the molecule is CC1(C)c2cc3c(cc2-c2cc4c(cc21)N1c2ccccc2C(C)(C)c2cccc(c21)C4(C)C)C(C)(C)c1cc2c(cc1-3)C(C)(C)c1cccc3c1N2c1ccccc1C3(C)C. The molecular weight excluding hydrogens is 749 g/mol. The van der Waals surface area contributed by atoms with Crippen molar-refractivity contribution in [3.05, 3.63) is 188 Å². The van der Waals surface area contributed by atoms with Crippen molar-refractivity contribution in [3.8, 4) is 22.3 Å². The molecule has 4 aliphatic heterocycles. The second-order valence-corrected chi connectivity index (χ2v) is 22.6. The van der Waals surface area contributed by atoms with Crippen LogP contribution in [0.1, 0.15) is 150 Å². The summed E-state index contributed by atoms with van der Waals surface area (Å²) in [4.78, 5) is 5.25. The van der Waals surface area contributed by atoms with E-state index in [1.165, 1.54) is 123 Å². The van der Waals surface area contributed by atoms with Crippen LogP contribution in [-0.2, 0) is 32.5 Å². The van der Waals surface area contributed by atoms with Gasteiger partial charge in [-0.25, -0.2) is 0 Å². The van der Waals surface area contributed by atoms with Crippen LogP contribution in [0.25, 0.3) is 22.3 Å². The van der Waals surface area contributed by atoms with E-state index < -0.39 is 0 Å². The molecule has 0 fully saturated rings. The van der Waals surface area contributed by atoms with Crippen LogP contribution in [0.3, 0.4) is 0 Å². The minimum Gasteiger partial charge on any atom is -0.309 e. The molecule has 4 heterocycles. The Labute approximate surface area is 368 Å². The summed E-state index contributed by atoms with van der Waals surface area (Å²) in [6.07, 6.45) is 0. The maximum absolute atomic E-state index is 2.62. The van der Waals surface area contributed by atoms with E-state index in [1.807, 2.05) is 0 Å². The van der Waals surface area contributed by atoms with E-state index in [9.17, 15) is 0 Å². The van der Waals surface area contributed by atoms with Crippen molar-refractivity contribution in [2.24, 2.45) is 0 Å². The molecule has 306 valence electrons. The second-order valence-electron chi connectivity index (χ2n) is 22.6. The number of hydrogen-bond donors (Lipinski definition) is 0. The molecule has 62 heavy (non-hydrogen) atoms. The predicted molar refractivity (Wildman–Crippen MR) is 259 cm³/mol. The van der Waals surface area contributed by atoms with Crippen LogP contribution in [0.5, 0.6) is 0 Å². The average molecular weight is 805 g/mol. The molecule has 2 nitrogen and oxygen atoms in total. The molecule has 0 aromatic heterocycles.